The number of phenolic OH excluding ortho intramolecular Hbond substituents is 1. The van der Waals surface area contributed by atoms with Gasteiger partial charge in [-0.2, -0.15) is 0 Å². The SMILES string of the molecule is O=C(Nc1ccccc1)Oc1ccc2ccccc2c1-c1c(O)ccc2ccccc12. The molecule has 0 bridgehead atoms. The molecule has 0 heterocycles. The predicted molar refractivity (Wildman–Crippen MR) is 125 cm³/mol. The third-order valence-corrected chi connectivity index (χ3v) is 5.27. The number of fused-ring (bicyclic) bond motifs is 2. The molecule has 0 atom stereocenters. The van der Waals surface area contributed by atoms with Crippen molar-refractivity contribution < 1.29 is 14.6 Å². The molecule has 0 unspecified atom stereocenters. The number of ether oxygens (including phenoxy) is 1. The third kappa shape index (κ3) is 3.55. The first kappa shape index (κ1) is 18.7. The van der Waals surface area contributed by atoms with E-state index in [4.69, 9.17) is 4.74 Å². The standard InChI is InChI=1S/C27H19NO3/c29-23-16-14-18-8-4-6-12-21(18)25(23)26-22-13-7-5-9-19(22)15-17-24(26)31-27(30)28-20-10-2-1-3-11-20/h1-17,29H,(H,28,30). The van der Waals surface area contributed by atoms with Crippen LogP contribution in [0.3, 0.4) is 0 Å². The summed E-state index contributed by atoms with van der Waals surface area (Å²) in [5.41, 5.74) is 1.95. The van der Waals surface area contributed by atoms with Crippen molar-refractivity contribution in [2.45, 2.75) is 0 Å². The monoisotopic (exact) mass is 405 g/mol. The lowest BCUT2D eigenvalue weighted by Crippen LogP contribution is -2.17. The van der Waals surface area contributed by atoms with Gasteiger partial charge in [-0.05, 0) is 45.8 Å². The van der Waals surface area contributed by atoms with E-state index in [1.54, 1.807) is 24.3 Å². The van der Waals surface area contributed by atoms with Crippen molar-refractivity contribution in [3.8, 4) is 22.6 Å². The number of benzene rings is 5. The van der Waals surface area contributed by atoms with Crippen molar-refractivity contribution in [3.05, 3.63) is 103 Å². The van der Waals surface area contributed by atoms with Crippen molar-refractivity contribution in [1.29, 1.82) is 0 Å². The van der Waals surface area contributed by atoms with Crippen LogP contribution in [0.1, 0.15) is 0 Å². The lowest BCUT2D eigenvalue weighted by atomic mass is 9.92. The zero-order valence-electron chi connectivity index (χ0n) is 16.6. The van der Waals surface area contributed by atoms with Gasteiger partial charge in [0.1, 0.15) is 11.5 Å². The van der Waals surface area contributed by atoms with Crippen molar-refractivity contribution >= 4 is 33.3 Å². The number of carbonyl (C=O) groups excluding carboxylic acids is 1. The van der Waals surface area contributed by atoms with Crippen LogP contribution in [0.2, 0.25) is 0 Å². The van der Waals surface area contributed by atoms with E-state index in [1.165, 1.54) is 0 Å². The zero-order valence-corrected chi connectivity index (χ0v) is 16.6. The highest BCUT2D eigenvalue weighted by Crippen LogP contribution is 2.45. The van der Waals surface area contributed by atoms with Gasteiger partial charge < -0.3 is 9.84 Å². The molecule has 0 saturated heterocycles. The Labute approximate surface area is 179 Å². The van der Waals surface area contributed by atoms with E-state index in [2.05, 4.69) is 5.32 Å². The molecule has 5 rings (SSSR count). The molecule has 0 fully saturated rings. The summed E-state index contributed by atoms with van der Waals surface area (Å²) in [6, 6.07) is 32.0. The number of carbonyl (C=O) groups is 1. The summed E-state index contributed by atoms with van der Waals surface area (Å²) >= 11 is 0. The normalized spacial score (nSPS) is 10.8. The smallest absolute Gasteiger partial charge is 0.417 e. The number of hydrogen-bond acceptors (Lipinski definition) is 3. The molecule has 0 aromatic heterocycles. The van der Waals surface area contributed by atoms with Gasteiger partial charge in [0.25, 0.3) is 0 Å². The maximum absolute atomic E-state index is 12.7. The lowest BCUT2D eigenvalue weighted by molar-refractivity contribution is 0.215. The highest BCUT2D eigenvalue weighted by Gasteiger charge is 2.19. The Kier molecular flexibility index (Phi) is 4.73. The summed E-state index contributed by atoms with van der Waals surface area (Å²) in [6.07, 6.45) is -0.595. The van der Waals surface area contributed by atoms with E-state index in [9.17, 15) is 9.90 Å². The number of phenols is 1. The molecule has 5 aromatic rings. The van der Waals surface area contributed by atoms with Crippen LogP contribution >= 0.6 is 0 Å². The Hall–Kier alpha value is -4.31. The number of anilines is 1. The summed E-state index contributed by atoms with van der Waals surface area (Å²) in [6.45, 7) is 0. The first-order valence-electron chi connectivity index (χ1n) is 9.97. The van der Waals surface area contributed by atoms with Crippen LogP contribution in [-0.2, 0) is 0 Å². The molecule has 0 spiro atoms. The van der Waals surface area contributed by atoms with Gasteiger partial charge in [0, 0.05) is 16.8 Å². The topological polar surface area (TPSA) is 58.6 Å². The van der Waals surface area contributed by atoms with Gasteiger partial charge >= 0.3 is 6.09 Å². The average Bonchev–Trinajstić information content (AvgIpc) is 2.80. The Morgan fingerprint density at radius 2 is 1.23 bits per heavy atom. The minimum atomic E-state index is -0.595. The van der Waals surface area contributed by atoms with Crippen LogP contribution in [-0.4, -0.2) is 11.2 Å². The van der Waals surface area contributed by atoms with Crippen molar-refractivity contribution in [2.24, 2.45) is 0 Å². The summed E-state index contributed by atoms with van der Waals surface area (Å²) in [5.74, 6) is 0.502. The summed E-state index contributed by atoms with van der Waals surface area (Å²) in [5, 5.41) is 17.3. The second-order valence-corrected chi connectivity index (χ2v) is 7.22. The van der Waals surface area contributed by atoms with Crippen LogP contribution < -0.4 is 10.1 Å². The molecule has 150 valence electrons. The van der Waals surface area contributed by atoms with Gasteiger partial charge in [-0.25, -0.2) is 4.79 Å². The van der Waals surface area contributed by atoms with Crippen molar-refractivity contribution in [2.75, 3.05) is 5.32 Å². The van der Waals surface area contributed by atoms with Crippen molar-refractivity contribution in [1.82, 2.24) is 0 Å². The minimum Gasteiger partial charge on any atom is -0.507 e. The molecular weight excluding hydrogens is 386 g/mol. The van der Waals surface area contributed by atoms with Crippen LogP contribution in [0.4, 0.5) is 10.5 Å². The van der Waals surface area contributed by atoms with E-state index in [-0.39, 0.29) is 5.75 Å². The molecule has 0 aliphatic rings. The molecule has 4 nitrogen and oxygen atoms in total. The summed E-state index contributed by atoms with van der Waals surface area (Å²) < 4.78 is 5.75. The van der Waals surface area contributed by atoms with Crippen LogP contribution in [0.15, 0.2) is 103 Å². The van der Waals surface area contributed by atoms with Crippen LogP contribution in [0.25, 0.3) is 32.7 Å². The Morgan fingerprint density at radius 3 is 1.94 bits per heavy atom. The van der Waals surface area contributed by atoms with Crippen molar-refractivity contribution in [3.63, 3.8) is 0 Å². The summed E-state index contributed by atoms with van der Waals surface area (Å²) in [7, 11) is 0. The number of nitrogens with one attached hydrogen (secondary N) is 1. The fourth-order valence-electron chi connectivity index (χ4n) is 3.88. The number of hydrogen-bond donors (Lipinski definition) is 2. The second kappa shape index (κ2) is 7.84. The molecule has 5 aromatic carbocycles. The molecule has 0 aliphatic carbocycles. The maximum Gasteiger partial charge on any atom is 0.417 e. The first-order valence-corrected chi connectivity index (χ1v) is 9.97. The molecule has 0 saturated carbocycles. The molecule has 1 amide bonds. The largest absolute Gasteiger partial charge is 0.507 e. The second-order valence-electron chi connectivity index (χ2n) is 7.22. The van der Waals surface area contributed by atoms with Gasteiger partial charge in [-0.15, -0.1) is 0 Å². The van der Waals surface area contributed by atoms with E-state index in [0.29, 0.717) is 22.6 Å². The molecule has 4 heteroatoms. The number of rotatable bonds is 3. The van der Waals surface area contributed by atoms with Gasteiger partial charge in [-0.3, -0.25) is 5.32 Å². The first-order chi connectivity index (χ1) is 15.2. The highest BCUT2D eigenvalue weighted by atomic mass is 16.6. The molecular formula is C27H19NO3. The Bertz CT molecular complexity index is 1410. The Balaban J connectivity index is 1.69. The van der Waals surface area contributed by atoms with E-state index >= 15 is 0 Å². The van der Waals surface area contributed by atoms with Crippen LogP contribution in [0.5, 0.6) is 11.5 Å². The molecule has 0 aliphatic heterocycles. The number of aromatic hydroxyl groups is 1. The average molecular weight is 405 g/mol. The number of para-hydroxylation sites is 1. The van der Waals surface area contributed by atoms with E-state index in [0.717, 1.165) is 21.5 Å². The maximum atomic E-state index is 12.7. The summed E-state index contributed by atoms with van der Waals surface area (Å²) in [4.78, 5) is 12.7. The highest BCUT2D eigenvalue weighted by molar-refractivity contribution is 6.10. The van der Waals surface area contributed by atoms with Gasteiger partial charge in [-0.1, -0.05) is 78.9 Å². The third-order valence-electron chi connectivity index (χ3n) is 5.27. The zero-order chi connectivity index (χ0) is 21.2. The predicted octanol–water partition coefficient (Wildman–Crippen LogP) is 6.98. The van der Waals surface area contributed by atoms with Crippen LogP contribution in [0, 0.1) is 0 Å². The Morgan fingerprint density at radius 1 is 0.645 bits per heavy atom. The van der Waals surface area contributed by atoms with E-state index in [1.807, 2.05) is 78.9 Å². The molecule has 31 heavy (non-hydrogen) atoms. The van der Waals surface area contributed by atoms with E-state index < -0.39 is 6.09 Å². The van der Waals surface area contributed by atoms with Gasteiger partial charge in [0.05, 0.1) is 0 Å². The molecule has 0 radical (unpaired) electrons. The van der Waals surface area contributed by atoms with Gasteiger partial charge in [0.15, 0.2) is 0 Å². The molecule has 2 N–H and O–H groups in total. The minimum absolute atomic E-state index is 0.128. The number of amides is 1. The fraction of sp³-hybridized carbons (Fsp3) is 0. The fourth-order valence-corrected chi connectivity index (χ4v) is 3.88. The van der Waals surface area contributed by atoms with Gasteiger partial charge in [0.2, 0.25) is 0 Å². The lowest BCUT2D eigenvalue weighted by Gasteiger charge is -2.17. The quantitative estimate of drug-likeness (QED) is 0.340.